The molecular formula is C21H28N2O3. The van der Waals surface area contributed by atoms with Crippen molar-refractivity contribution >= 4 is 11.5 Å². The van der Waals surface area contributed by atoms with Crippen LogP contribution in [0.25, 0.3) is 5.57 Å². The summed E-state index contributed by atoms with van der Waals surface area (Å²) in [6, 6.07) is 4.14. The number of aryl methyl sites for hydroxylation is 3. The summed E-state index contributed by atoms with van der Waals surface area (Å²) in [5, 5.41) is 22.4. The van der Waals surface area contributed by atoms with Gasteiger partial charge in [0.15, 0.2) is 0 Å². The topological polar surface area (TPSA) is 64.0 Å². The number of carbonyl (C=O) groups is 1. The zero-order valence-electron chi connectivity index (χ0n) is 15.9. The molecule has 1 saturated carbocycles. The number of hydrogen-bond donors (Lipinski definition) is 2. The molecule has 0 atom stereocenters. The Labute approximate surface area is 154 Å². The van der Waals surface area contributed by atoms with Gasteiger partial charge in [0.2, 0.25) is 0 Å². The monoisotopic (exact) mass is 356 g/mol. The Balaban J connectivity index is 1.83. The molecule has 140 valence electrons. The second kappa shape index (κ2) is 6.10. The molecule has 2 heterocycles. The third-order valence-electron chi connectivity index (χ3n) is 6.29. The van der Waals surface area contributed by atoms with Crippen molar-refractivity contribution in [1.82, 2.24) is 9.96 Å². The lowest BCUT2D eigenvalue weighted by Gasteiger charge is -2.43. The molecule has 0 radical (unpaired) electrons. The van der Waals surface area contributed by atoms with Crippen LogP contribution in [0.15, 0.2) is 17.9 Å². The van der Waals surface area contributed by atoms with Crippen LogP contribution < -0.4 is 0 Å². The van der Waals surface area contributed by atoms with E-state index in [4.69, 9.17) is 0 Å². The minimum Gasteiger partial charge on any atom is -0.509 e. The number of carbonyl (C=O) groups excluding carboxylic acids is 1. The number of aliphatic hydroxyl groups excluding tert-OH is 1. The van der Waals surface area contributed by atoms with Gasteiger partial charge in [-0.1, -0.05) is 17.7 Å². The van der Waals surface area contributed by atoms with Gasteiger partial charge in [-0.25, -0.2) is 0 Å². The Kier molecular flexibility index (Phi) is 4.12. The lowest BCUT2D eigenvalue weighted by atomic mass is 9.84. The Bertz CT molecular complexity index is 763. The van der Waals surface area contributed by atoms with Gasteiger partial charge in [-0.15, -0.1) is 0 Å². The number of hydrogen-bond acceptors (Lipinski definition) is 4. The SMILES string of the molecule is Cc1cc(C)c(C2=C(O)C3(CCN(O)CC3)N(CC3CC3)C2=O)c(C)c1. The maximum absolute atomic E-state index is 13.5. The summed E-state index contributed by atoms with van der Waals surface area (Å²) >= 11 is 0. The maximum atomic E-state index is 13.5. The minimum atomic E-state index is -0.655. The maximum Gasteiger partial charge on any atom is 0.258 e. The zero-order valence-corrected chi connectivity index (χ0v) is 15.9. The highest BCUT2D eigenvalue weighted by molar-refractivity contribution is 6.23. The van der Waals surface area contributed by atoms with Gasteiger partial charge < -0.3 is 15.2 Å². The largest absolute Gasteiger partial charge is 0.509 e. The van der Waals surface area contributed by atoms with E-state index in [2.05, 4.69) is 12.1 Å². The highest BCUT2D eigenvalue weighted by Crippen LogP contribution is 2.48. The van der Waals surface area contributed by atoms with Crippen LogP contribution in [0.4, 0.5) is 0 Å². The molecule has 2 N–H and O–H groups in total. The molecule has 4 rings (SSSR count). The van der Waals surface area contributed by atoms with Gasteiger partial charge in [0.25, 0.3) is 5.91 Å². The first-order chi connectivity index (χ1) is 12.3. The van der Waals surface area contributed by atoms with Gasteiger partial charge in [-0.2, -0.15) is 5.06 Å². The molecule has 1 aromatic rings. The van der Waals surface area contributed by atoms with E-state index in [9.17, 15) is 15.1 Å². The van der Waals surface area contributed by atoms with E-state index in [-0.39, 0.29) is 11.7 Å². The van der Waals surface area contributed by atoms with Crippen LogP contribution in [-0.4, -0.2) is 51.4 Å². The fraction of sp³-hybridized carbons (Fsp3) is 0.571. The van der Waals surface area contributed by atoms with Crippen LogP contribution in [0.2, 0.25) is 0 Å². The Morgan fingerprint density at radius 2 is 1.69 bits per heavy atom. The number of benzene rings is 1. The van der Waals surface area contributed by atoms with Gasteiger partial charge in [-0.3, -0.25) is 4.79 Å². The van der Waals surface area contributed by atoms with Crippen molar-refractivity contribution in [3.63, 3.8) is 0 Å². The average molecular weight is 356 g/mol. The van der Waals surface area contributed by atoms with E-state index in [1.165, 1.54) is 5.06 Å². The number of piperidine rings is 1. The van der Waals surface area contributed by atoms with Crippen molar-refractivity contribution in [2.75, 3.05) is 19.6 Å². The Morgan fingerprint density at radius 3 is 2.23 bits per heavy atom. The van der Waals surface area contributed by atoms with Crippen LogP contribution in [0, 0.1) is 26.7 Å². The smallest absolute Gasteiger partial charge is 0.258 e. The van der Waals surface area contributed by atoms with E-state index >= 15 is 0 Å². The average Bonchev–Trinajstić information content (AvgIpc) is 3.37. The standard InChI is InChI=1S/C21H28N2O3/c1-13-10-14(2)17(15(3)11-13)18-19(24)21(6-8-22(26)9-7-21)23(20(18)25)12-16-4-5-16/h10-11,16,24,26H,4-9,12H2,1-3H3. The van der Waals surface area contributed by atoms with Crippen molar-refractivity contribution in [3.8, 4) is 0 Å². The van der Waals surface area contributed by atoms with Crippen molar-refractivity contribution in [3.05, 3.63) is 40.1 Å². The number of nitrogens with zero attached hydrogens (tertiary/aromatic N) is 2. The Morgan fingerprint density at radius 1 is 1.12 bits per heavy atom. The van der Waals surface area contributed by atoms with Crippen LogP contribution >= 0.6 is 0 Å². The lowest BCUT2D eigenvalue weighted by Crippen LogP contribution is -2.55. The predicted molar refractivity (Wildman–Crippen MR) is 100.0 cm³/mol. The highest BCUT2D eigenvalue weighted by Gasteiger charge is 2.54. The first-order valence-corrected chi connectivity index (χ1v) is 9.61. The molecule has 5 nitrogen and oxygen atoms in total. The first-order valence-electron chi connectivity index (χ1n) is 9.61. The molecule has 1 aliphatic carbocycles. The summed E-state index contributed by atoms with van der Waals surface area (Å²) in [6.07, 6.45) is 3.46. The molecule has 3 aliphatic rings. The van der Waals surface area contributed by atoms with E-state index in [0.717, 1.165) is 35.1 Å². The fourth-order valence-corrected chi connectivity index (χ4v) is 4.78. The molecule has 1 saturated heterocycles. The molecule has 1 spiro atoms. The Hall–Kier alpha value is -1.85. The molecule has 2 aliphatic heterocycles. The van der Waals surface area contributed by atoms with Crippen LogP contribution in [-0.2, 0) is 4.79 Å². The summed E-state index contributed by atoms with van der Waals surface area (Å²) in [5.41, 5.74) is 3.92. The van der Waals surface area contributed by atoms with Crippen molar-refractivity contribution < 1.29 is 15.1 Å². The molecule has 26 heavy (non-hydrogen) atoms. The molecular weight excluding hydrogens is 328 g/mol. The number of rotatable bonds is 3. The second-order valence-corrected chi connectivity index (χ2v) is 8.34. The van der Waals surface area contributed by atoms with E-state index < -0.39 is 5.54 Å². The van der Waals surface area contributed by atoms with Crippen molar-refractivity contribution in [1.29, 1.82) is 0 Å². The van der Waals surface area contributed by atoms with Gasteiger partial charge in [0.1, 0.15) is 11.3 Å². The van der Waals surface area contributed by atoms with Crippen LogP contribution in [0.3, 0.4) is 0 Å². The third-order valence-corrected chi connectivity index (χ3v) is 6.29. The highest BCUT2D eigenvalue weighted by atomic mass is 16.5. The predicted octanol–water partition coefficient (Wildman–Crippen LogP) is 3.36. The van der Waals surface area contributed by atoms with Gasteiger partial charge in [0.05, 0.1) is 5.57 Å². The third kappa shape index (κ3) is 2.65. The summed E-state index contributed by atoms with van der Waals surface area (Å²) in [5.74, 6) is 0.720. The zero-order chi connectivity index (χ0) is 18.6. The minimum absolute atomic E-state index is 0.0455. The summed E-state index contributed by atoms with van der Waals surface area (Å²) in [4.78, 5) is 15.4. The normalized spacial score (nSPS) is 23.4. The van der Waals surface area contributed by atoms with E-state index in [0.29, 0.717) is 44.0 Å². The van der Waals surface area contributed by atoms with Gasteiger partial charge in [0, 0.05) is 19.6 Å². The van der Waals surface area contributed by atoms with Crippen LogP contribution in [0.1, 0.15) is 47.9 Å². The summed E-state index contributed by atoms with van der Waals surface area (Å²) in [7, 11) is 0. The molecule has 5 heteroatoms. The molecule has 1 amide bonds. The fourth-order valence-electron chi connectivity index (χ4n) is 4.78. The molecule has 1 aromatic carbocycles. The molecule has 0 aromatic heterocycles. The van der Waals surface area contributed by atoms with Gasteiger partial charge >= 0.3 is 0 Å². The summed E-state index contributed by atoms with van der Waals surface area (Å²) in [6.45, 7) is 7.72. The lowest BCUT2D eigenvalue weighted by molar-refractivity contribution is -0.144. The number of aliphatic hydroxyl groups is 1. The number of hydroxylamine groups is 2. The summed E-state index contributed by atoms with van der Waals surface area (Å²) < 4.78 is 0. The van der Waals surface area contributed by atoms with Crippen molar-refractivity contribution in [2.24, 2.45) is 5.92 Å². The molecule has 0 unspecified atom stereocenters. The van der Waals surface area contributed by atoms with Crippen LogP contribution in [0.5, 0.6) is 0 Å². The quantitative estimate of drug-likeness (QED) is 0.872. The van der Waals surface area contributed by atoms with E-state index in [1.54, 1.807) is 0 Å². The molecule has 2 fully saturated rings. The van der Waals surface area contributed by atoms with Crippen molar-refractivity contribution in [2.45, 2.75) is 52.0 Å². The second-order valence-electron chi connectivity index (χ2n) is 8.34. The van der Waals surface area contributed by atoms with Gasteiger partial charge in [-0.05, 0) is 69.1 Å². The molecule has 0 bridgehead atoms. The van der Waals surface area contributed by atoms with E-state index in [1.807, 2.05) is 25.7 Å². The first kappa shape index (κ1) is 17.6. The number of amides is 1.